The second kappa shape index (κ2) is 3.06. The standard InChI is InChI=1S/C10H12N2O2/c1-6-2-3-7-8(4-5-9(7)11)10(6)12(13)14/h2-3,9H,4-5,11H2,1H3/t9-/m1/s1. The molecular formula is C10H12N2O2. The number of benzene rings is 1. The molecule has 0 unspecified atom stereocenters. The van der Waals surface area contributed by atoms with Crippen molar-refractivity contribution in [2.75, 3.05) is 0 Å². The van der Waals surface area contributed by atoms with Crippen LogP contribution in [0.15, 0.2) is 12.1 Å². The van der Waals surface area contributed by atoms with Gasteiger partial charge in [-0.15, -0.1) is 0 Å². The highest BCUT2D eigenvalue weighted by Gasteiger charge is 2.28. The van der Waals surface area contributed by atoms with E-state index in [0.717, 1.165) is 29.5 Å². The molecule has 0 fully saturated rings. The Kier molecular flexibility index (Phi) is 2.00. The van der Waals surface area contributed by atoms with Gasteiger partial charge in [-0.1, -0.05) is 12.1 Å². The van der Waals surface area contributed by atoms with E-state index in [0.29, 0.717) is 0 Å². The molecule has 1 aliphatic rings. The summed E-state index contributed by atoms with van der Waals surface area (Å²) in [6, 6.07) is 3.67. The number of nitro groups is 1. The third-order valence-electron chi connectivity index (χ3n) is 2.81. The number of nitro benzene ring substituents is 1. The first kappa shape index (κ1) is 9.15. The van der Waals surface area contributed by atoms with Gasteiger partial charge in [0.1, 0.15) is 0 Å². The fourth-order valence-corrected chi connectivity index (χ4v) is 2.09. The van der Waals surface area contributed by atoms with Gasteiger partial charge in [-0.3, -0.25) is 10.1 Å². The highest BCUT2D eigenvalue weighted by atomic mass is 16.6. The van der Waals surface area contributed by atoms with Crippen molar-refractivity contribution in [3.8, 4) is 0 Å². The Balaban J connectivity index is 2.65. The van der Waals surface area contributed by atoms with Crippen molar-refractivity contribution < 1.29 is 4.92 Å². The van der Waals surface area contributed by atoms with Crippen LogP contribution < -0.4 is 5.73 Å². The maximum absolute atomic E-state index is 10.9. The van der Waals surface area contributed by atoms with Gasteiger partial charge >= 0.3 is 0 Å². The van der Waals surface area contributed by atoms with E-state index in [1.807, 2.05) is 6.07 Å². The summed E-state index contributed by atoms with van der Waals surface area (Å²) in [7, 11) is 0. The molecule has 74 valence electrons. The first-order valence-corrected chi connectivity index (χ1v) is 4.63. The highest BCUT2D eigenvalue weighted by molar-refractivity contribution is 5.54. The number of hydrogen-bond acceptors (Lipinski definition) is 3. The Labute approximate surface area is 81.9 Å². The lowest BCUT2D eigenvalue weighted by Crippen LogP contribution is -2.05. The Hall–Kier alpha value is -1.42. The van der Waals surface area contributed by atoms with Gasteiger partial charge in [0.05, 0.1) is 4.92 Å². The predicted octanol–water partition coefficient (Wildman–Crippen LogP) is 1.85. The van der Waals surface area contributed by atoms with Crippen LogP contribution in [0.2, 0.25) is 0 Å². The van der Waals surface area contributed by atoms with E-state index < -0.39 is 0 Å². The lowest BCUT2D eigenvalue weighted by Gasteiger charge is -2.06. The van der Waals surface area contributed by atoms with Crippen LogP contribution in [-0.4, -0.2) is 4.92 Å². The second-order valence-electron chi connectivity index (χ2n) is 3.70. The number of nitrogens with zero attached hydrogens (tertiary/aromatic N) is 1. The summed E-state index contributed by atoms with van der Waals surface area (Å²) in [6.45, 7) is 1.77. The van der Waals surface area contributed by atoms with Gasteiger partial charge in [-0.05, 0) is 25.3 Å². The van der Waals surface area contributed by atoms with Crippen molar-refractivity contribution in [1.29, 1.82) is 0 Å². The molecule has 0 spiro atoms. The summed E-state index contributed by atoms with van der Waals surface area (Å²) in [6.07, 6.45) is 1.55. The van der Waals surface area contributed by atoms with Crippen molar-refractivity contribution in [2.45, 2.75) is 25.8 Å². The van der Waals surface area contributed by atoms with Crippen molar-refractivity contribution in [2.24, 2.45) is 5.73 Å². The van der Waals surface area contributed by atoms with E-state index in [-0.39, 0.29) is 16.7 Å². The van der Waals surface area contributed by atoms with Gasteiger partial charge in [0, 0.05) is 17.2 Å². The van der Waals surface area contributed by atoms with E-state index in [4.69, 9.17) is 5.73 Å². The van der Waals surface area contributed by atoms with E-state index in [2.05, 4.69) is 0 Å². The minimum atomic E-state index is -0.299. The maximum atomic E-state index is 10.9. The van der Waals surface area contributed by atoms with E-state index in [9.17, 15) is 10.1 Å². The molecule has 4 nitrogen and oxygen atoms in total. The third kappa shape index (κ3) is 1.19. The van der Waals surface area contributed by atoms with Gasteiger partial charge in [-0.2, -0.15) is 0 Å². The van der Waals surface area contributed by atoms with Crippen LogP contribution in [0.5, 0.6) is 0 Å². The zero-order valence-electron chi connectivity index (χ0n) is 7.99. The molecule has 1 atom stereocenters. The summed E-state index contributed by atoms with van der Waals surface area (Å²) in [5, 5.41) is 10.9. The fraction of sp³-hybridized carbons (Fsp3) is 0.400. The number of nitrogens with two attached hydrogens (primary N) is 1. The van der Waals surface area contributed by atoms with Gasteiger partial charge in [0.2, 0.25) is 0 Å². The Morgan fingerprint density at radius 1 is 1.57 bits per heavy atom. The molecule has 0 bridgehead atoms. The Morgan fingerprint density at radius 2 is 2.29 bits per heavy atom. The van der Waals surface area contributed by atoms with E-state index in [1.165, 1.54) is 0 Å². The van der Waals surface area contributed by atoms with Gasteiger partial charge in [0.15, 0.2) is 0 Å². The summed E-state index contributed by atoms with van der Waals surface area (Å²) >= 11 is 0. The van der Waals surface area contributed by atoms with Crippen molar-refractivity contribution in [3.63, 3.8) is 0 Å². The molecule has 4 heteroatoms. The number of fused-ring (bicyclic) bond motifs is 1. The number of rotatable bonds is 1. The van der Waals surface area contributed by atoms with Crippen molar-refractivity contribution in [1.82, 2.24) is 0 Å². The summed E-state index contributed by atoms with van der Waals surface area (Å²) < 4.78 is 0. The minimum absolute atomic E-state index is 0.0238. The van der Waals surface area contributed by atoms with Crippen LogP contribution in [-0.2, 0) is 6.42 Å². The average Bonchev–Trinajstić information content (AvgIpc) is 2.47. The minimum Gasteiger partial charge on any atom is -0.324 e. The molecule has 0 aromatic heterocycles. The first-order valence-electron chi connectivity index (χ1n) is 4.63. The van der Waals surface area contributed by atoms with Crippen LogP contribution in [0, 0.1) is 17.0 Å². The van der Waals surface area contributed by atoms with E-state index >= 15 is 0 Å². The molecule has 0 heterocycles. The van der Waals surface area contributed by atoms with Crippen LogP contribution in [0.1, 0.15) is 29.2 Å². The fourth-order valence-electron chi connectivity index (χ4n) is 2.09. The molecule has 0 amide bonds. The largest absolute Gasteiger partial charge is 0.324 e. The zero-order valence-corrected chi connectivity index (χ0v) is 7.99. The molecule has 14 heavy (non-hydrogen) atoms. The highest BCUT2D eigenvalue weighted by Crippen LogP contribution is 2.37. The molecule has 1 aromatic rings. The molecule has 1 aliphatic carbocycles. The Morgan fingerprint density at radius 3 is 2.93 bits per heavy atom. The van der Waals surface area contributed by atoms with Gasteiger partial charge < -0.3 is 5.73 Å². The van der Waals surface area contributed by atoms with Crippen LogP contribution >= 0.6 is 0 Å². The summed E-state index contributed by atoms with van der Waals surface area (Å²) in [5.41, 5.74) is 8.61. The molecule has 0 saturated heterocycles. The monoisotopic (exact) mass is 192 g/mol. The zero-order chi connectivity index (χ0) is 10.3. The van der Waals surface area contributed by atoms with Crippen molar-refractivity contribution in [3.05, 3.63) is 38.9 Å². The molecule has 1 aromatic carbocycles. The van der Waals surface area contributed by atoms with Crippen LogP contribution in [0.25, 0.3) is 0 Å². The second-order valence-corrected chi connectivity index (χ2v) is 3.70. The predicted molar refractivity (Wildman–Crippen MR) is 53.1 cm³/mol. The molecule has 0 saturated carbocycles. The van der Waals surface area contributed by atoms with Crippen LogP contribution in [0.3, 0.4) is 0 Å². The molecular weight excluding hydrogens is 180 g/mol. The number of hydrogen-bond donors (Lipinski definition) is 1. The molecule has 2 N–H and O–H groups in total. The molecule has 2 rings (SSSR count). The maximum Gasteiger partial charge on any atom is 0.275 e. The lowest BCUT2D eigenvalue weighted by atomic mass is 10.0. The van der Waals surface area contributed by atoms with Crippen molar-refractivity contribution >= 4 is 5.69 Å². The smallest absolute Gasteiger partial charge is 0.275 e. The van der Waals surface area contributed by atoms with Gasteiger partial charge in [0.25, 0.3) is 5.69 Å². The van der Waals surface area contributed by atoms with Gasteiger partial charge in [-0.25, -0.2) is 0 Å². The topological polar surface area (TPSA) is 69.2 Å². The SMILES string of the molecule is Cc1ccc2c(c1[N+](=O)[O-])CC[C@H]2N. The quantitative estimate of drug-likeness (QED) is 0.545. The molecule has 0 radical (unpaired) electrons. The first-order chi connectivity index (χ1) is 6.61. The van der Waals surface area contributed by atoms with Crippen LogP contribution in [0.4, 0.5) is 5.69 Å². The number of aryl methyl sites for hydroxylation is 1. The summed E-state index contributed by atoms with van der Waals surface area (Å²) in [4.78, 5) is 10.6. The molecule has 0 aliphatic heterocycles. The summed E-state index contributed by atoms with van der Waals surface area (Å²) in [5.74, 6) is 0. The normalized spacial score (nSPS) is 19.4. The van der Waals surface area contributed by atoms with E-state index in [1.54, 1.807) is 13.0 Å². The lowest BCUT2D eigenvalue weighted by molar-refractivity contribution is -0.386. The average molecular weight is 192 g/mol. The third-order valence-corrected chi connectivity index (χ3v) is 2.81. The Bertz CT molecular complexity index is 401.